The van der Waals surface area contributed by atoms with Gasteiger partial charge < -0.3 is 19.9 Å². The third kappa shape index (κ3) is 6.10. The Morgan fingerprint density at radius 3 is 2.56 bits per heavy atom. The fourth-order valence-corrected chi connectivity index (χ4v) is 3.69. The third-order valence-corrected chi connectivity index (χ3v) is 5.20. The van der Waals surface area contributed by atoms with Crippen molar-refractivity contribution in [2.24, 2.45) is 0 Å². The minimum Gasteiger partial charge on any atom is -0.490 e. The van der Waals surface area contributed by atoms with E-state index >= 15 is 0 Å². The number of carboxylic acid groups (broad SMARTS) is 1. The number of thioether (sulfide) groups is 1. The van der Waals surface area contributed by atoms with Gasteiger partial charge in [-0.1, -0.05) is 6.07 Å². The summed E-state index contributed by atoms with van der Waals surface area (Å²) >= 11 is 0.613. The Morgan fingerprint density at radius 1 is 1.12 bits per heavy atom. The summed E-state index contributed by atoms with van der Waals surface area (Å²) in [6.07, 6.45) is 1.41. The first kappa shape index (κ1) is 24.7. The average molecular weight is 492 g/mol. The van der Waals surface area contributed by atoms with Gasteiger partial charge >= 0.3 is 5.97 Å². The zero-order valence-corrected chi connectivity index (χ0v) is 18.5. The van der Waals surface area contributed by atoms with Crippen LogP contribution in [0.2, 0.25) is 0 Å². The number of imide groups is 1. The lowest BCUT2D eigenvalue weighted by Gasteiger charge is -2.13. The van der Waals surface area contributed by atoms with Gasteiger partial charge in [-0.25, -0.2) is 13.6 Å². The molecule has 9 nitrogen and oxygen atoms in total. The van der Waals surface area contributed by atoms with Gasteiger partial charge in [-0.2, -0.15) is 0 Å². The highest BCUT2D eigenvalue weighted by Gasteiger charge is 2.36. The molecular formula is C22H18F2N2O7S. The summed E-state index contributed by atoms with van der Waals surface area (Å²) in [5, 5.41) is 10.3. The maximum Gasteiger partial charge on any atom is 0.341 e. The molecule has 2 N–H and O–H groups in total. The molecule has 0 radical (unpaired) electrons. The molecule has 178 valence electrons. The minimum absolute atomic E-state index is 0.0346. The number of carbonyl (C=O) groups excluding carboxylic acids is 3. The average Bonchev–Trinajstić information content (AvgIpc) is 3.02. The third-order valence-electron chi connectivity index (χ3n) is 4.30. The Labute approximate surface area is 196 Å². The molecule has 1 saturated heterocycles. The normalized spacial score (nSPS) is 14.4. The largest absolute Gasteiger partial charge is 0.490 e. The Bertz CT molecular complexity index is 1190. The van der Waals surface area contributed by atoms with Crippen LogP contribution in [0.3, 0.4) is 0 Å². The number of nitrogens with zero attached hydrogens (tertiary/aromatic N) is 1. The molecule has 3 amide bonds. The molecule has 1 heterocycles. The molecule has 2 aromatic rings. The van der Waals surface area contributed by atoms with Gasteiger partial charge in [0.15, 0.2) is 18.1 Å². The Morgan fingerprint density at radius 2 is 1.88 bits per heavy atom. The molecular weight excluding hydrogens is 474 g/mol. The van der Waals surface area contributed by atoms with E-state index in [1.54, 1.807) is 6.92 Å². The molecule has 1 aliphatic heterocycles. The van der Waals surface area contributed by atoms with Crippen molar-refractivity contribution in [1.29, 1.82) is 0 Å². The number of rotatable bonds is 9. The van der Waals surface area contributed by atoms with E-state index in [4.69, 9.17) is 14.6 Å². The summed E-state index contributed by atoms with van der Waals surface area (Å²) in [7, 11) is 0. The van der Waals surface area contributed by atoms with Crippen molar-refractivity contribution in [2.75, 3.05) is 25.1 Å². The van der Waals surface area contributed by atoms with Crippen molar-refractivity contribution < 1.29 is 42.5 Å². The molecule has 1 aliphatic rings. The Balaban J connectivity index is 1.72. The highest BCUT2D eigenvalue weighted by Crippen LogP contribution is 2.34. The Hall–Kier alpha value is -3.93. The van der Waals surface area contributed by atoms with Crippen molar-refractivity contribution >= 4 is 46.5 Å². The molecule has 1 fully saturated rings. The van der Waals surface area contributed by atoms with E-state index in [0.29, 0.717) is 28.3 Å². The minimum atomic E-state index is -1.16. The van der Waals surface area contributed by atoms with Crippen LogP contribution >= 0.6 is 11.8 Å². The predicted octanol–water partition coefficient (Wildman–Crippen LogP) is 3.50. The summed E-state index contributed by atoms with van der Waals surface area (Å²) < 4.78 is 37.3. The van der Waals surface area contributed by atoms with E-state index < -0.39 is 47.8 Å². The smallest absolute Gasteiger partial charge is 0.341 e. The molecule has 0 spiro atoms. The van der Waals surface area contributed by atoms with Crippen LogP contribution in [-0.4, -0.2) is 52.8 Å². The van der Waals surface area contributed by atoms with E-state index in [1.807, 2.05) is 0 Å². The quantitative estimate of drug-likeness (QED) is 0.510. The zero-order valence-electron chi connectivity index (χ0n) is 17.7. The second kappa shape index (κ2) is 10.8. The van der Waals surface area contributed by atoms with Gasteiger partial charge in [0.2, 0.25) is 5.91 Å². The topological polar surface area (TPSA) is 122 Å². The van der Waals surface area contributed by atoms with Gasteiger partial charge in [-0.3, -0.25) is 19.3 Å². The van der Waals surface area contributed by atoms with Crippen molar-refractivity contribution in [2.45, 2.75) is 6.92 Å². The van der Waals surface area contributed by atoms with Crippen LogP contribution in [0.15, 0.2) is 41.3 Å². The van der Waals surface area contributed by atoms with Crippen LogP contribution in [0.25, 0.3) is 6.08 Å². The number of ether oxygens (including phenoxy) is 2. The standard InChI is InChI=1S/C22H18F2N2O7S/c1-2-32-17-7-12(3-6-16(17)33-11-20(28)29)8-18-21(30)26(22(31)34-18)10-19(27)25-15-5-4-13(23)9-14(15)24/h3-9H,2,10-11H2,1H3,(H,25,27)(H,28,29)/b18-8+. The van der Waals surface area contributed by atoms with Gasteiger partial charge in [0.1, 0.15) is 18.2 Å². The monoisotopic (exact) mass is 492 g/mol. The van der Waals surface area contributed by atoms with Gasteiger partial charge in [0.05, 0.1) is 17.2 Å². The summed E-state index contributed by atoms with van der Waals surface area (Å²) in [4.78, 5) is 48.6. The molecule has 3 rings (SSSR count). The van der Waals surface area contributed by atoms with Crippen molar-refractivity contribution in [3.8, 4) is 11.5 Å². The lowest BCUT2D eigenvalue weighted by Crippen LogP contribution is -2.36. The molecule has 0 bridgehead atoms. The van der Waals surface area contributed by atoms with Crippen LogP contribution in [0.1, 0.15) is 12.5 Å². The summed E-state index contributed by atoms with van der Waals surface area (Å²) in [5.74, 6) is -4.10. The number of carbonyl (C=O) groups is 4. The first-order valence-electron chi connectivity index (χ1n) is 9.79. The Kier molecular flexibility index (Phi) is 7.84. The van der Waals surface area contributed by atoms with Crippen molar-refractivity contribution in [3.05, 3.63) is 58.5 Å². The summed E-state index contributed by atoms with van der Waals surface area (Å²) in [6, 6.07) is 7.09. The van der Waals surface area contributed by atoms with Crippen molar-refractivity contribution in [3.63, 3.8) is 0 Å². The van der Waals surface area contributed by atoms with Crippen LogP contribution in [0.4, 0.5) is 19.3 Å². The highest BCUT2D eigenvalue weighted by atomic mass is 32.2. The van der Waals surface area contributed by atoms with Gasteiger partial charge in [0, 0.05) is 6.07 Å². The van der Waals surface area contributed by atoms with Crippen LogP contribution < -0.4 is 14.8 Å². The van der Waals surface area contributed by atoms with Gasteiger partial charge in [0.25, 0.3) is 11.1 Å². The molecule has 0 unspecified atom stereocenters. The number of amides is 3. The summed E-state index contributed by atoms with van der Waals surface area (Å²) in [5.41, 5.74) is 0.178. The molecule has 0 aliphatic carbocycles. The second-order valence-electron chi connectivity index (χ2n) is 6.76. The predicted molar refractivity (Wildman–Crippen MR) is 118 cm³/mol. The molecule has 2 aromatic carbocycles. The van der Waals surface area contributed by atoms with Crippen molar-refractivity contribution in [1.82, 2.24) is 4.90 Å². The second-order valence-corrected chi connectivity index (χ2v) is 7.75. The van der Waals surface area contributed by atoms with Crippen LogP contribution in [0, 0.1) is 11.6 Å². The van der Waals surface area contributed by atoms with E-state index in [0.717, 1.165) is 12.1 Å². The first-order chi connectivity index (χ1) is 16.2. The van der Waals surface area contributed by atoms with Gasteiger partial charge in [-0.05, 0) is 54.6 Å². The molecule has 0 atom stereocenters. The molecule has 0 saturated carbocycles. The van der Waals surface area contributed by atoms with E-state index in [9.17, 15) is 28.0 Å². The van der Waals surface area contributed by atoms with Crippen LogP contribution in [0.5, 0.6) is 11.5 Å². The fraction of sp³-hybridized carbons (Fsp3) is 0.182. The number of aliphatic carboxylic acids is 1. The highest BCUT2D eigenvalue weighted by molar-refractivity contribution is 8.18. The lowest BCUT2D eigenvalue weighted by molar-refractivity contribution is -0.139. The van der Waals surface area contributed by atoms with Crippen LogP contribution in [-0.2, 0) is 14.4 Å². The number of benzene rings is 2. The fourth-order valence-electron chi connectivity index (χ4n) is 2.85. The molecule has 34 heavy (non-hydrogen) atoms. The first-order valence-corrected chi connectivity index (χ1v) is 10.6. The number of halogens is 2. The number of hydrogen-bond acceptors (Lipinski definition) is 7. The number of hydrogen-bond donors (Lipinski definition) is 2. The molecule has 0 aromatic heterocycles. The summed E-state index contributed by atoms with van der Waals surface area (Å²) in [6.45, 7) is 0.766. The number of anilines is 1. The number of carboxylic acids is 1. The zero-order chi connectivity index (χ0) is 24.8. The lowest BCUT2D eigenvalue weighted by atomic mass is 10.2. The van der Waals surface area contributed by atoms with E-state index in [1.165, 1.54) is 24.3 Å². The number of nitrogens with one attached hydrogen (secondary N) is 1. The van der Waals surface area contributed by atoms with E-state index in [2.05, 4.69) is 5.32 Å². The maximum absolute atomic E-state index is 13.7. The SMILES string of the molecule is CCOc1cc(/C=C2/SC(=O)N(CC(=O)Nc3ccc(F)cc3F)C2=O)ccc1OCC(=O)O. The molecule has 12 heteroatoms. The van der Waals surface area contributed by atoms with E-state index in [-0.39, 0.29) is 28.7 Å². The maximum atomic E-state index is 13.7. The van der Waals surface area contributed by atoms with Gasteiger partial charge in [-0.15, -0.1) is 0 Å².